The first kappa shape index (κ1) is 25.6. The van der Waals surface area contributed by atoms with Gasteiger partial charge in [0.1, 0.15) is 5.75 Å². The molecule has 192 valence electrons. The molecule has 2 aliphatic carbocycles. The van der Waals surface area contributed by atoms with E-state index >= 15 is 0 Å². The van der Waals surface area contributed by atoms with Crippen LogP contribution >= 0.6 is 0 Å². The summed E-state index contributed by atoms with van der Waals surface area (Å²) in [6, 6.07) is 14.2. The van der Waals surface area contributed by atoms with Gasteiger partial charge in [0.05, 0.1) is 12.7 Å². The molecule has 0 aromatic heterocycles. The van der Waals surface area contributed by atoms with Crippen molar-refractivity contribution in [3.63, 3.8) is 0 Å². The number of phenols is 1. The van der Waals surface area contributed by atoms with Crippen LogP contribution in [0.5, 0.6) is 5.75 Å². The quantitative estimate of drug-likeness (QED) is 0.371. The van der Waals surface area contributed by atoms with Gasteiger partial charge in [-0.1, -0.05) is 67.5 Å². The van der Waals surface area contributed by atoms with Crippen molar-refractivity contribution < 1.29 is 29.5 Å². The fourth-order valence-corrected chi connectivity index (χ4v) is 6.55. The van der Waals surface area contributed by atoms with Crippen molar-refractivity contribution in [3.8, 4) is 5.75 Å². The predicted octanol–water partition coefficient (Wildman–Crippen LogP) is 4.86. The number of carbonyl (C=O) groups is 2. The Bertz CT molecular complexity index is 1260. The number of aromatic hydroxyl groups is 1. The monoisotopic (exact) mass is 500 g/mol. The molecule has 1 aliphatic heterocycles. The van der Waals surface area contributed by atoms with Crippen LogP contribution in [0.25, 0.3) is 6.08 Å². The largest absolute Gasteiger partial charge is 0.507 e. The Kier molecular flexibility index (Phi) is 7.47. The number of benzene rings is 2. The lowest BCUT2D eigenvalue weighted by Gasteiger charge is -2.47. The maximum atomic E-state index is 13.7. The van der Waals surface area contributed by atoms with Crippen LogP contribution in [-0.2, 0) is 4.65 Å². The zero-order valence-corrected chi connectivity index (χ0v) is 21.1. The number of hydrogen-bond acceptors (Lipinski definition) is 6. The van der Waals surface area contributed by atoms with E-state index in [-0.39, 0.29) is 36.2 Å². The zero-order valence-electron chi connectivity index (χ0n) is 21.1. The highest BCUT2D eigenvalue weighted by atomic mass is 16.5. The average Bonchev–Trinajstić information content (AvgIpc) is 2.90. The third-order valence-corrected chi connectivity index (χ3v) is 8.15. The second-order valence-electron chi connectivity index (χ2n) is 10.4. The van der Waals surface area contributed by atoms with Crippen molar-refractivity contribution in [3.05, 3.63) is 81.9 Å². The van der Waals surface area contributed by atoms with Crippen molar-refractivity contribution in [1.82, 2.24) is 0 Å². The molecule has 3 aliphatic rings. The van der Waals surface area contributed by atoms with Crippen molar-refractivity contribution in [1.29, 1.82) is 0 Å². The number of aliphatic hydroxyl groups is 1. The molecule has 1 heterocycles. The van der Waals surface area contributed by atoms with E-state index in [1.807, 2.05) is 18.2 Å². The summed E-state index contributed by atoms with van der Waals surface area (Å²) in [5, 5.41) is 31.3. The molecule has 0 saturated carbocycles. The summed E-state index contributed by atoms with van der Waals surface area (Å²) in [7, 11) is -1.05. The average molecular weight is 500 g/mol. The minimum absolute atomic E-state index is 0.0568. The number of ketones is 2. The lowest BCUT2D eigenvalue weighted by atomic mass is 9.54. The zero-order chi connectivity index (χ0) is 26.1. The van der Waals surface area contributed by atoms with Gasteiger partial charge in [-0.25, -0.2) is 0 Å². The van der Waals surface area contributed by atoms with Gasteiger partial charge in [0.25, 0.3) is 0 Å². The highest BCUT2D eigenvalue weighted by Crippen LogP contribution is 2.50. The van der Waals surface area contributed by atoms with Gasteiger partial charge in [-0.15, -0.1) is 0 Å². The van der Waals surface area contributed by atoms with Gasteiger partial charge in [-0.05, 0) is 55.1 Å². The molecular formula is C30H33BO6. The fourth-order valence-electron chi connectivity index (χ4n) is 6.55. The molecule has 1 saturated heterocycles. The van der Waals surface area contributed by atoms with E-state index in [1.165, 1.54) is 0 Å². The number of fused-ring (bicyclic) bond motifs is 4. The number of rotatable bonds is 7. The Labute approximate surface area is 217 Å². The van der Waals surface area contributed by atoms with E-state index in [1.54, 1.807) is 36.4 Å². The van der Waals surface area contributed by atoms with E-state index in [2.05, 4.69) is 6.92 Å². The van der Waals surface area contributed by atoms with E-state index < -0.39 is 25.1 Å². The first-order valence-corrected chi connectivity index (χ1v) is 13.2. The van der Waals surface area contributed by atoms with Crippen molar-refractivity contribution in [2.45, 2.75) is 51.5 Å². The van der Waals surface area contributed by atoms with E-state index in [0.717, 1.165) is 35.1 Å². The third-order valence-electron chi connectivity index (χ3n) is 8.15. The van der Waals surface area contributed by atoms with Crippen molar-refractivity contribution in [2.24, 2.45) is 17.8 Å². The first-order valence-electron chi connectivity index (χ1n) is 13.2. The van der Waals surface area contributed by atoms with Crippen LogP contribution < -0.4 is 0 Å². The highest BCUT2D eigenvalue weighted by Gasteiger charge is 2.53. The molecule has 7 heteroatoms. The molecule has 0 unspecified atom stereocenters. The highest BCUT2D eigenvalue weighted by molar-refractivity contribution is 6.43. The minimum Gasteiger partial charge on any atom is -0.507 e. The summed E-state index contributed by atoms with van der Waals surface area (Å²) in [6.07, 6.45) is 5.16. The summed E-state index contributed by atoms with van der Waals surface area (Å²) in [4.78, 5) is 27.1. The smallest absolute Gasteiger partial charge is 0.455 e. The second kappa shape index (κ2) is 10.8. The molecule has 0 bridgehead atoms. The molecule has 2 aromatic rings. The maximum Gasteiger partial charge on any atom is 0.455 e. The second-order valence-corrected chi connectivity index (χ2v) is 10.4. The van der Waals surface area contributed by atoms with E-state index in [0.29, 0.717) is 30.4 Å². The van der Waals surface area contributed by atoms with Gasteiger partial charge < -0.3 is 19.9 Å². The number of hydrogen-bond donors (Lipinski definition) is 3. The molecule has 2 aromatic carbocycles. The lowest BCUT2D eigenvalue weighted by molar-refractivity contribution is 0.0590. The summed E-state index contributed by atoms with van der Waals surface area (Å²) < 4.78 is 6.02. The van der Waals surface area contributed by atoms with Gasteiger partial charge in [0.15, 0.2) is 11.6 Å². The van der Waals surface area contributed by atoms with Crippen LogP contribution in [0.4, 0.5) is 0 Å². The summed E-state index contributed by atoms with van der Waals surface area (Å²) in [5.41, 5.74) is 4.46. The van der Waals surface area contributed by atoms with Gasteiger partial charge in [0, 0.05) is 28.5 Å². The minimum atomic E-state index is -1.05. The molecule has 3 N–H and O–H groups in total. The van der Waals surface area contributed by atoms with Crippen LogP contribution in [0.3, 0.4) is 0 Å². The van der Waals surface area contributed by atoms with Crippen molar-refractivity contribution >= 4 is 24.8 Å². The number of carbonyl (C=O) groups excluding carboxylic acids is 2. The molecule has 0 spiro atoms. The molecule has 1 fully saturated rings. The Morgan fingerprint density at radius 3 is 2.43 bits per heavy atom. The van der Waals surface area contributed by atoms with Crippen molar-refractivity contribution in [2.75, 3.05) is 6.61 Å². The molecule has 5 rings (SSSR count). The SMILES string of the molecule is CCC/C(=C\c1ccccc1O)CC[C@H]1OB(O)C[C@H]2C1=C(CO)C[C@H]1C(=O)c3ccccc3C(=O)[C@H]12. The summed E-state index contributed by atoms with van der Waals surface area (Å²) in [6.45, 7) is 1.90. The van der Waals surface area contributed by atoms with Crippen LogP contribution in [-0.4, -0.2) is 46.6 Å². The molecule has 37 heavy (non-hydrogen) atoms. The van der Waals surface area contributed by atoms with Gasteiger partial charge in [0.2, 0.25) is 0 Å². The molecule has 6 nitrogen and oxygen atoms in total. The van der Waals surface area contributed by atoms with Crippen LogP contribution in [0, 0.1) is 17.8 Å². The van der Waals surface area contributed by atoms with Crippen LogP contribution in [0.1, 0.15) is 65.3 Å². The molecule has 0 amide bonds. The lowest BCUT2D eigenvalue weighted by Crippen LogP contribution is -2.51. The van der Waals surface area contributed by atoms with Crippen LogP contribution in [0.15, 0.2) is 65.3 Å². The number of para-hydroxylation sites is 1. The normalized spacial score (nSPS) is 25.6. The van der Waals surface area contributed by atoms with E-state index in [4.69, 9.17) is 4.65 Å². The third kappa shape index (κ3) is 4.84. The predicted molar refractivity (Wildman–Crippen MR) is 142 cm³/mol. The first-order chi connectivity index (χ1) is 17.9. The number of phenolic OH excluding ortho intramolecular Hbond substituents is 1. The van der Waals surface area contributed by atoms with E-state index in [9.17, 15) is 24.8 Å². The number of allylic oxidation sites excluding steroid dienone is 1. The summed E-state index contributed by atoms with van der Waals surface area (Å²) in [5.74, 6) is -1.32. The van der Waals surface area contributed by atoms with Crippen LogP contribution in [0.2, 0.25) is 6.32 Å². The van der Waals surface area contributed by atoms with Gasteiger partial charge in [-0.2, -0.15) is 0 Å². The summed E-state index contributed by atoms with van der Waals surface area (Å²) >= 11 is 0. The molecule has 4 atom stereocenters. The number of aliphatic hydroxyl groups excluding tert-OH is 1. The fraction of sp³-hybridized carbons (Fsp3) is 0.400. The molecular weight excluding hydrogens is 467 g/mol. The molecule has 0 radical (unpaired) electrons. The maximum absolute atomic E-state index is 13.7. The Morgan fingerprint density at radius 1 is 1.03 bits per heavy atom. The number of Topliss-reactive ketones (excluding diaryl/α,β-unsaturated/α-hetero) is 2. The van der Waals surface area contributed by atoms with Gasteiger partial charge >= 0.3 is 7.12 Å². The Hall–Kier alpha value is -3.00. The Balaban J connectivity index is 1.46. The Morgan fingerprint density at radius 2 is 1.73 bits per heavy atom. The van der Waals surface area contributed by atoms with Gasteiger partial charge in [-0.3, -0.25) is 9.59 Å². The standard InChI is InChI=1S/C30H33BO6/c1-2-7-18(14-19-8-3-6-11-25(19)33)12-13-26-27-20(17-32)15-23-28(24(27)16-31(36)37-26)30(35)22-10-5-4-9-21(22)29(23)34/h3-6,8-11,14,23-24,26,28,32-33,36H,2,7,12-13,15-17H2,1H3/b18-14+/t23-,24+,26-,28-/m1/s1. The topological polar surface area (TPSA) is 104 Å².